The lowest BCUT2D eigenvalue weighted by Crippen LogP contribution is -2.12. The van der Waals surface area contributed by atoms with Gasteiger partial charge in [-0.2, -0.15) is 11.8 Å². The van der Waals surface area contributed by atoms with Crippen LogP contribution in [0.5, 0.6) is 0 Å². The monoisotopic (exact) mass is 272 g/mol. The van der Waals surface area contributed by atoms with Crippen molar-refractivity contribution in [1.29, 1.82) is 0 Å². The van der Waals surface area contributed by atoms with Gasteiger partial charge in [0.25, 0.3) is 0 Å². The van der Waals surface area contributed by atoms with Crippen LogP contribution in [-0.4, -0.2) is 17.8 Å². The first-order valence-electron chi connectivity index (χ1n) is 7.74. The molecule has 0 aliphatic heterocycles. The Kier molecular flexibility index (Phi) is 13.5. The smallest absolute Gasteiger partial charge is 0.136 e. The van der Waals surface area contributed by atoms with Gasteiger partial charge < -0.3 is 0 Å². The lowest BCUT2D eigenvalue weighted by atomic mass is 10.0. The molecule has 0 aromatic heterocycles. The van der Waals surface area contributed by atoms with Crippen LogP contribution in [0.1, 0.15) is 78.1 Å². The summed E-state index contributed by atoms with van der Waals surface area (Å²) >= 11 is 1.77. The third-order valence-electron chi connectivity index (χ3n) is 3.49. The molecule has 1 unspecified atom stereocenters. The number of thioether (sulfide) groups is 1. The second-order valence-corrected chi connectivity index (χ2v) is 6.31. The predicted octanol–water partition coefficient (Wildman–Crippen LogP) is 5.48. The maximum absolute atomic E-state index is 11.7. The van der Waals surface area contributed by atoms with Crippen molar-refractivity contribution in [2.75, 3.05) is 12.0 Å². The Morgan fingerprint density at radius 1 is 0.944 bits per heavy atom. The minimum Gasteiger partial charge on any atom is -0.299 e. The summed E-state index contributed by atoms with van der Waals surface area (Å²) < 4.78 is 0. The van der Waals surface area contributed by atoms with Crippen LogP contribution in [-0.2, 0) is 4.79 Å². The van der Waals surface area contributed by atoms with E-state index in [9.17, 15) is 4.79 Å². The Bertz CT molecular complexity index is 192. The molecule has 18 heavy (non-hydrogen) atoms. The largest absolute Gasteiger partial charge is 0.299 e. The van der Waals surface area contributed by atoms with Gasteiger partial charge in [0.05, 0.1) is 0 Å². The van der Waals surface area contributed by atoms with E-state index in [4.69, 9.17) is 0 Å². The molecule has 0 N–H and O–H groups in total. The molecule has 0 fully saturated rings. The summed E-state index contributed by atoms with van der Waals surface area (Å²) in [5, 5.41) is 0. The first-order chi connectivity index (χ1) is 8.72. The standard InChI is InChI=1S/C16H32OS/c1-4-5-6-7-8-9-10-11-12-13-16(17)15(2)14-18-3/h15H,4-14H2,1-3H3. The fraction of sp³-hybridized carbons (Fsp3) is 0.938. The Morgan fingerprint density at radius 3 is 1.94 bits per heavy atom. The number of rotatable bonds is 13. The van der Waals surface area contributed by atoms with Crippen LogP contribution in [0.3, 0.4) is 0 Å². The zero-order valence-corrected chi connectivity index (χ0v) is 13.5. The molecule has 2 heteroatoms. The lowest BCUT2D eigenvalue weighted by molar-refractivity contribution is -0.121. The molecule has 0 aliphatic carbocycles. The summed E-state index contributed by atoms with van der Waals surface area (Å²) in [6, 6.07) is 0. The Morgan fingerprint density at radius 2 is 1.44 bits per heavy atom. The highest BCUT2D eigenvalue weighted by molar-refractivity contribution is 7.98. The maximum atomic E-state index is 11.7. The van der Waals surface area contributed by atoms with Crippen LogP contribution in [0.2, 0.25) is 0 Å². The number of Topliss-reactive ketones (excluding diaryl/α,β-unsaturated/α-hetero) is 1. The van der Waals surface area contributed by atoms with Crippen LogP contribution in [0.25, 0.3) is 0 Å². The van der Waals surface area contributed by atoms with E-state index in [0.717, 1.165) is 18.6 Å². The number of carbonyl (C=O) groups excluding carboxylic acids is 1. The van der Waals surface area contributed by atoms with Crippen LogP contribution < -0.4 is 0 Å². The third-order valence-corrected chi connectivity index (χ3v) is 4.33. The first kappa shape index (κ1) is 18.0. The molecule has 0 spiro atoms. The minimum absolute atomic E-state index is 0.258. The molecule has 0 bridgehead atoms. The zero-order valence-electron chi connectivity index (χ0n) is 12.7. The van der Waals surface area contributed by atoms with Gasteiger partial charge in [0.2, 0.25) is 0 Å². The lowest BCUT2D eigenvalue weighted by Gasteiger charge is -2.08. The number of unbranched alkanes of at least 4 members (excludes halogenated alkanes) is 8. The molecule has 108 valence electrons. The molecule has 0 heterocycles. The Labute approximate surface area is 118 Å². The average Bonchev–Trinajstić information content (AvgIpc) is 2.36. The second kappa shape index (κ2) is 13.5. The van der Waals surface area contributed by atoms with E-state index in [1.807, 2.05) is 0 Å². The predicted molar refractivity (Wildman–Crippen MR) is 84.4 cm³/mol. The van der Waals surface area contributed by atoms with Gasteiger partial charge in [-0.25, -0.2) is 0 Å². The van der Waals surface area contributed by atoms with E-state index in [0.29, 0.717) is 5.78 Å². The molecule has 0 amide bonds. The number of hydrogen-bond acceptors (Lipinski definition) is 2. The number of carbonyl (C=O) groups is 1. The molecule has 1 nitrogen and oxygen atoms in total. The highest BCUT2D eigenvalue weighted by Crippen LogP contribution is 2.13. The third kappa shape index (κ3) is 11.1. The van der Waals surface area contributed by atoms with Gasteiger partial charge in [-0.3, -0.25) is 4.79 Å². The summed E-state index contributed by atoms with van der Waals surface area (Å²) in [6.45, 7) is 4.32. The highest BCUT2D eigenvalue weighted by Gasteiger charge is 2.10. The summed E-state index contributed by atoms with van der Waals surface area (Å²) in [5.41, 5.74) is 0. The molecule has 1 atom stereocenters. The van der Waals surface area contributed by atoms with Crippen molar-refractivity contribution >= 4 is 17.5 Å². The second-order valence-electron chi connectivity index (χ2n) is 5.40. The van der Waals surface area contributed by atoms with Crippen LogP contribution in [0.4, 0.5) is 0 Å². The minimum atomic E-state index is 0.258. The normalized spacial score (nSPS) is 12.6. The number of ketones is 1. The molecule has 0 saturated carbocycles. The fourth-order valence-corrected chi connectivity index (χ4v) is 2.89. The molecular weight excluding hydrogens is 240 g/mol. The van der Waals surface area contributed by atoms with E-state index >= 15 is 0 Å². The average molecular weight is 272 g/mol. The van der Waals surface area contributed by atoms with Gasteiger partial charge in [0.1, 0.15) is 5.78 Å². The first-order valence-corrected chi connectivity index (χ1v) is 9.13. The van der Waals surface area contributed by atoms with Crippen molar-refractivity contribution in [3.05, 3.63) is 0 Å². The van der Waals surface area contributed by atoms with Crippen molar-refractivity contribution < 1.29 is 4.79 Å². The van der Waals surface area contributed by atoms with Crippen LogP contribution >= 0.6 is 11.8 Å². The summed E-state index contributed by atoms with van der Waals surface area (Å²) in [6.07, 6.45) is 14.8. The van der Waals surface area contributed by atoms with Gasteiger partial charge in [-0.15, -0.1) is 0 Å². The number of hydrogen-bond donors (Lipinski definition) is 0. The molecule has 0 aromatic rings. The van der Waals surface area contributed by atoms with Crippen LogP contribution in [0.15, 0.2) is 0 Å². The fourth-order valence-electron chi connectivity index (χ4n) is 2.20. The molecule has 0 aliphatic rings. The summed E-state index contributed by atoms with van der Waals surface area (Å²) in [7, 11) is 0. The van der Waals surface area contributed by atoms with Crippen molar-refractivity contribution in [2.45, 2.75) is 78.1 Å². The SMILES string of the molecule is CCCCCCCCCCCC(=O)C(C)CSC. The van der Waals surface area contributed by atoms with Gasteiger partial charge in [0.15, 0.2) is 0 Å². The van der Waals surface area contributed by atoms with E-state index in [1.54, 1.807) is 11.8 Å². The van der Waals surface area contributed by atoms with E-state index in [2.05, 4.69) is 20.1 Å². The molecule has 0 aromatic carbocycles. The molecule has 0 saturated heterocycles. The zero-order chi connectivity index (χ0) is 13.6. The molecule has 0 radical (unpaired) electrons. The Hall–Kier alpha value is 0.0200. The summed E-state index contributed by atoms with van der Waals surface area (Å²) in [4.78, 5) is 11.7. The molecule has 0 rings (SSSR count). The van der Waals surface area contributed by atoms with Crippen LogP contribution in [0, 0.1) is 5.92 Å². The Balaban J connectivity index is 3.22. The topological polar surface area (TPSA) is 17.1 Å². The quantitative estimate of drug-likeness (QED) is 0.413. The maximum Gasteiger partial charge on any atom is 0.136 e. The summed E-state index contributed by atoms with van der Waals surface area (Å²) in [5.74, 6) is 1.71. The van der Waals surface area contributed by atoms with E-state index in [-0.39, 0.29) is 5.92 Å². The van der Waals surface area contributed by atoms with Gasteiger partial charge in [-0.1, -0.05) is 65.2 Å². The van der Waals surface area contributed by atoms with Crippen molar-refractivity contribution in [3.8, 4) is 0 Å². The molecular formula is C16H32OS. The highest BCUT2D eigenvalue weighted by atomic mass is 32.2. The van der Waals surface area contributed by atoms with E-state index < -0.39 is 0 Å². The van der Waals surface area contributed by atoms with E-state index in [1.165, 1.54) is 51.4 Å². The van der Waals surface area contributed by atoms with Gasteiger partial charge in [0, 0.05) is 18.1 Å². The van der Waals surface area contributed by atoms with Gasteiger partial charge >= 0.3 is 0 Å². The van der Waals surface area contributed by atoms with Crippen molar-refractivity contribution in [2.24, 2.45) is 5.92 Å². The van der Waals surface area contributed by atoms with Crippen molar-refractivity contribution in [1.82, 2.24) is 0 Å². The van der Waals surface area contributed by atoms with Gasteiger partial charge in [-0.05, 0) is 12.7 Å². The van der Waals surface area contributed by atoms with Crippen molar-refractivity contribution in [3.63, 3.8) is 0 Å².